The van der Waals surface area contributed by atoms with Gasteiger partial charge in [-0.2, -0.15) is 0 Å². The molecular formula is C16H30N2O2. The molecule has 0 radical (unpaired) electrons. The molecule has 1 aromatic heterocycles. The Morgan fingerprint density at radius 1 is 1.25 bits per heavy atom. The Bertz CT molecular complexity index is 373. The summed E-state index contributed by atoms with van der Waals surface area (Å²) >= 11 is 0. The van der Waals surface area contributed by atoms with E-state index < -0.39 is 6.10 Å². The van der Waals surface area contributed by atoms with E-state index in [2.05, 4.69) is 16.1 Å². The lowest BCUT2D eigenvalue weighted by atomic mass is 10.1. The molecule has 1 aromatic rings. The van der Waals surface area contributed by atoms with Gasteiger partial charge < -0.3 is 10.6 Å². The number of aromatic amines is 1. The van der Waals surface area contributed by atoms with Crippen LogP contribution >= 0.6 is 0 Å². The highest BCUT2D eigenvalue weighted by Gasteiger charge is 2.15. The first-order valence-electron chi connectivity index (χ1n) is 7.51. The van der Waals surface area contributed by atoms with Gasteiger partial charge in [0.25, 0.3) is 5.82 Å². The van der Waals surface area contributed by atoms with Crippen LogP contribution in [-0.4, -0.2) is 15.6 Å². The highest BCUT2D eigenvalue weighted by molar-refractivity contribution is 4.97. The van der Waals surface area contributed by atoms with Crippen molar-refractivity contribution >= 4 is 0 Å². The summed E-state index contributed by atoms with van der Waals surface area (Å²) in [4.78, 5) is 3.30. The molecule has 0 aliphatic rings. The predicted octanol–water partition coefficient (Wildman–Crippen LogP) is 3.17. The van der Waals surface area contributed by atoms with Crippen LogP contribution in [0.25, 0.3) is 0 Å². The van der Waals surface area contributed by atoms with Gasteiger partial charge >= 0.3 is 0 Å². The van der Waals surface area contributed by atoms with Crippen LogP contribution in [0.5, 0.6) is 0 Å². The Kier molecular flexibility index (Phi) is 10.0. The minimum absolute atomic E-state index is 0. The number of aromatic nitrogens is 2. The highest BCUT2D eigenvalue weighted by Crippen LogP contribution is 2.11. The fraction of sp³-hybridized carbons (Fsp3) is 0.688. The van der Waals surface area contributed by atoms with Gasteiger partial charge in [0.15, 0.2) is 5.69 Å². The first kappa shape index (κ1) is 18.9. The lowest BCUT2D eigenvalue weighted by Gasteiger charge is -1.99. The molecule has 0 aromatic carbocycles. The van der Waals surface area contributed by atoms with E-state index in [0.29, 0.717) is 0 Å². The Hall–Kier alpha value is -1.13. The molecule has 0 bridgehead atoms. The summed E-state index contributed by atoms with van der Waals surface area (Å²) in [6.45, 7) is 5.53. The zero-order valence-corrected chi connectivity index (χ0v) is 12.9. The number of H-pyrrole nitrogens is 1. The normalized spacial score (nSPS) is 11.9. The van der Waals surface area contributed by atoms with Gasteiger partial charge in [-0.25, -0.2) is 9.55 Å². The van der Waals surface area contributed by atoms with E-state index >= 15 is 0 Å². The summed E-state index contributed by atoms with van der Waals surface area (Å²) in [6, 6.07) is 0. The van der Waals surface area contributed by atoms with Gasteiger partial charge in [-0.3, -0.25) is 0 Å². The Balaban J connectivity index is 0.00000361. The van der Waals surface area contributed by atoms with Crippen LogP contribution in [-0.2, 0) is 13.5 Å². The van der Waals surface area contributed by atoms with Crippen molar-refractivity contribution in [1.29, 1.82) is 0 Å². The molecule has 0 saturated heterocycles. The van der Waals surface area contributed by atoms with Crippen LogP contribution in [0.3, 0.4) is 0 Å². The van der Waals surface area contributed by atoms with E-state index in [0.717, 1.165) is 18.5 Å². The van der Waals surface area contributed by atoms with E-state index in [1.165, 1.54) is 44.3 Å². The summed E-state index contributed by atoms with van der Waals surface area (Å²) in [7, 11) is 2.03. The molecule has 0 amide bonds. The Labute approximate surface area is 122 Å². The first-order valence-corrected chi connectivity index (χ1v) is 7.51. The molecule has 0 spiro atoms. The van der Waals surface area contributed by atoms with Gasteiger partial charge in [0, 0.05) is 6.42 Å². The summed E-state index contributed by atoms with van der Waals surface area (Å²) in [5.41, 5.74) is 0.905. The molecule has 1 atom stereocenters. The SMILES string of the molecule is C=CCCCCCCCCc1[nH]c(C(C)O)c[n+]1C.[OH-]. The van der Waals surface area contributed by atoms with Crippen LogP contribution in [0.2, 0.25) is 0 Å². The van der Waals surface area contributed by atoms with Crippen LogP contribution in [0.15, 0.2) is 18.9 Å². The van der Waals surface area contributed by atoms with Crippen molar-refractivity contribution in [3.8, 4) is 0 Å². The number of aliphatic hydroxyl groups excluding tert-OH is 1. The molecule has 0 fully saturated rings. The smallest absolute Gasteiger partial charge is 0.254 e. The summed E-state index contributed by atoms with van der Waals surface area (Å²) in [6.07, 6.45) is 13.6. The summed E-state index contributed by atoms with van der Waals surface area (Å²) < 4.78 is 2.09. The van der Waals surface area contributed by atoms with E-state index in [1.54, 1.807) is 6.92 Å². The number of imidazole rings is 1. The van der Waals surface area contributed by atoms with Gasteiger partial charge in [-0.1, -0.05) is 31.8 Å². The van der Waals surface area contributed by atoms with Crippen molar-refractivity contribution in [2.75, 3.05) is 0 Å². The molecule has 1 rings (SSSR count). The first-order chi connectivity index (χ1) is 9.15. The molecule has 4 heteroatoms. The second-order valence-electron chi connectivity index (χ2n) is 5.39. The van der Waals surface area contributed by atoms with Crippen molar-refractivity contribution in [3.05, 3.63) is 30.4 Å². The number of nitrogens with zero attached hydrogens (tertiary/aromatic N) is 1. The molecule has 20 heavy (non-hydrogen) atoms. The summed E-state index contributed by atoms with van der Waals surface area (Å²) in [5, 5.41) is 9.52. The molecule has 116 valence electrons. The summed E-state index contributed by atoms with van der Waals surface area (Å²) in [5.74, 6) is 1.21. The second-order valence-corrected chi connectivity index (χ2v) is 5.39. The number of nitrogens with one attached hydrogen (secondary N) is 1. The average molecular weight is 282 g/mol. The van der Waals surface area contributed by atoms with Crippen LogP contribution in [0.4, 0.5) is 0 Å². The zero-order chi connectivity index (χ0) is 14.1. The minimum atomic E-state index is -0.412. The third-order valence-corrected chi connectivity index (χ3v) is 3.57. The average Bonchev–Trinajstić information content (AvgIpc) is 2.74. The van der Waals surface area contributed by atoms with Crippen LogP contribution in [0, 0.1) is 0 Å². The largest absolute Gasteiger partial charge is 0.870 e. The van der Waals surface area contributed by atoms with Gasteiger partial charge in [0.05, 0.1) is 7.05 Å². The van der Waals surface area contributed by atoms with Gasteiger partial charge in [-0.05, 0) is 26.2 Å². The van der Waals surface area contributed by atoms with Crippen LogP contribution in [0.1, 0.15) is 69.5 Å². The van der Waals surface area contributed by atoms with E-state index in [9.17, 15) is 5.11 Å². The van der Waals surface area contributed by atoms with Crippen molar-refractivity contribution < 1.29 is 15.1 Å². The van der Waals surface area contributed by atoms with Gasteiger partial charge in [0.1, 0.15) is 12.3 Å². The number of rotatable bonds is 10. The van der Waals surface area contributed by atoms with Crippen LogP contribution < -0.4 is 4.57 Å². The number of allylic oxidation sites excluding steroid dienone is 1. The van der Waals surface area contributed by atoms with Crippen molar-refractivity contribution in [3.63, 3.8) is 0 Å². The van der Waals surface area contributed by atoms with Gasteiger partial charge in [-0.15, -0.1) is 6.58 Å². The molecule has 0 aliphatic heterocycles. The molecule has 1 heterocycles. The monoisotopic (exact) mass is 282 g/mol. The fourth-order valence-electron chi connectivity index (χ4n) is 2.31. The number of aryl methyl sites for hydroxylation is 2. The number of hydrogen-bond acceptors (Lipinski definition) is 2. The lowest BCUT2D eigenvalue weighted by Crippen LogP contribution is -2.30. The zero-order valence-electron chi connectivity index (χ0n) is 12.9. The van der Waals surface area contributed by atoms with Gasteiger partial charge in [0.2, 0.25) is 0 Å². The highest BCUT2D eigenvalue weighted by atomic mass is 16.3. The molecule has 3 N–H and O–H groups in total. The molecule has 0 saturated carbocycles. The minimum Gasteiger partial charge on any atom is -0.870 e. The van der Waals surface area contributed by atoms with Crippen molar-refractivity contribution in [2.45, 2.75) is 64.4 Å². The predicted molar refractivity (Wildman–Crippen MR) is 80.8 cm³/mol. The topological polar surface area (TPSA) is 69.9 Å². The molecule has 4 nitrogen and oxygen atoms in total. The third-order valence-electron chi connectivity index (χ3n) is 3.57. The van der Waals surface area contributed by atoms with E-state index in [1.807, 2.05) is 19.3 Å². The maximum Gasteiger partial charge on any atom is 0.254 e. The quantitative estimate of drug-likeness (QED) is 0.393. The molecular weight excluding hydrogens is 252 g/mol. The van der Waals surface area contributed by atoms with Crippen molar-refractivity contribution in [2.24, 2.45) is 7.05 Å². The van der Waals surface area contributed by atoms with E-state index in [4.69, 9.17) is 0 Å². The molecule has 1 unspecified atom stereocenters. The Morgan fingerprint density at radius 2 is 1.85 bits per heavy atom. The second kappa shape index (κ2) is 10.6. The third kappa shape index (κ3) is 6.87. The maximum absolute atomic E-state index is 9.52. The standard InChI is InChI=1S/C16H28N2O.H2O/c1-4-5-6-7-8-9-10-11-12-16-17-15(14(2)19)13-18(16)3;/h4,13-14,19H,1,5-12H2,2-3H3;1H2. The van der Waals surface area contributed by atoms with E-state index in [-0.39, 0.29) is 5.48 Å². The van der Waals surface area contributed by atoms with Crippen molar-refractivity contribution in [1.82, 2.24) is 4.98 Å². The maximum atomic E-state index is 9.52. The lowest BCUT2D eigenvalue weighted by molar-refractivity contribution is -0.678. The number of aliphatic hydroxyl groups is 1. The fourth-order valence-corrected chi connectivity index (χ4v) is 2.31. The molecule has 0 aliphatic carbocycles. The number of hydrogen-bond donors (Lipinski definition) is 2. The number of unbranched alkanes of at least 4 members (excludes halogenated alkanes) is 6. The Morgan fingerprint density at radius 3 is 2.40 bits per heavy atom.